The number of carbonyl (C=O) groups excluding carboxylic acids is 1. The summed E-state index contributed by atoms with van der Waals surface area (Å²) in [6, 6.07) is 6.29. The monoisotopic (exact) mass is 276 g/mol. The minimum absolute atomic E-state index is 0.0646. The molecule has 0 saturated heterocycles. The van der Waals surface area contributed by atoms with E-state index in [0.29, 0.717) is 10.7 Å². The van der Waals surface area contributed by atoms with E-state index in [9.17, 15) is 13.2 Å². The van der Waals surface area contributed by atoms with Gasteiger partial charge in [0, 0.05) is 12.8 Å². The van der Waals surface area contributed by atoms with Crippen LogP contribution in [0, 0.1) is 0 Å². The van der Waals surface area contributed by atoms with E-state index in [2.05, 4.69) is 10.6 Å². The van der Waals surface area contributed by atoms with Crippen LogP contribution in [0.4, 0.5) is 10.5 Å². The molecule has 0 fully saturated rings. The molecule has 0 radical (unpaired) electrons. The number of benzene rings is 1. The Morgan fingerprint density at radius 2 is 2.00 bits per heavy atom. The molecular weight excluding hydrogens is 264 g/mol. The van der Waals surface area contributed by atoms with Gasteiger partial charge in [-0.25, -0.2) is 13.2 Å². The summed E-state index contributed by atoms with van der Waals surface area (Å²) in [6.07, 6.45) is 1.11. The highest BCUT2D eigenvalue weighted by molar-refractivity contribution is 7.90. The van der Waals surface area contributed by atoms with Gasteiger partial charge in [0.05, 0.1) is 16.5 Å². The second-order valence-corrected chi connectivity index (χ2v) is 6.16. The molecule has 0 aromatic heterocycles. The van der Waals surface area contributed by atoms with Crippen molar-refractivity contribution in [3.8, 4) is 0 Å². The third-order valence-corrected chi connectivity index (χ3v) is 3.16. The Morgan fingerprint density at radius 1 is 1.35 bits per heavy atom. The number of rotatable bonds is 4. The summed E-state index contributed by atoms with van der Waals surface area (Å²) in [5.74, 6) is -0.0943. The molecule has 0 unspecified atom stereocenters. The first-order chi connectivity index (χ1) is 7.88. The van der Waals surface area contributed by atoms with E-state index < -0.39 is 15.9 Å². The molecule has 0 saturated carbocycles. The lowest BCUT2D eigenvalue weighted by molar-refractivity contribution is 0.252. The van der Waals surface area contributed by atoms with Crippen LogP contribution in [0.2, 0.25) is 5.02 Å². The quantitative estimate of drug-likeness (QED) is 0.875. The maximum absolute atomic E-state index is 11.4. The summed E-state index contributed by atoms with van der Waals surface area (Å²) < 4.78 is 21.7. The van der Waals surface area contributed by atoms with Gasteiger partial charge in [0.1, 0.15) is 9.84 Å². The van der Waals surface area contributed by atoms with E-state index in [4.69, 9.17) is 11.6 Å². The van der Waals surface area contributed by atoms with Crippen molar-refractivity contribution in [1.82, 2.24) is 5.32 Å². The summed E-state index contributed by atoms with van der Waals surface area (Å²) in [7, 11) is -3.07. The number of hydrogen-bond donors (Lipinski definition) is 2. The van der Waals surface area contributed by atoms with Crippen molar-refractivity contribution < 1.29 is 13.2 Å². The van der Waals surface area contributed by atoms with Gasteiger partial charge < -0.3 is 10.6 Å². The SMILES string of the molecule is CS(=O)(=O)CCNC(=O)Nc1ccccc1Cl. The Bertz CT molecular complexity index is 502. The van der Waals surface area contributed by atoms with Crippen LogP contribution in [-0.2, 0) is 9.84 Å². The lowest BCUT2D eigenvalue weighted by Gasteiger charge is -2.08. The summed E-state index contributed by atoms with van der Waals surface area (Å²) in [4.78, 5) is 11.4. The number of carbonyl (C=O) groups is 1. The molecule has 5 nitrogen and oxygen atoms in total. The maximum atomic E-state index is 11.4. The second kappa shape index (κ2) is 5.88. The van der Waals surface area contributed by atoms with Crippen molar-refractivity contribution in [1.29, 1.82) is 0 Å². The fraction of sp³-hybridized carbons (Fsp3) is 0.300. The zero-order valence-corrected chi connectivity index (χ0v) is 10.8. The Hall–Kier alpha value is -1.27. The van der Waals surface area contributed by atoms with Gasteiger partial charge in [-0.1, -0.05) is 23.7 Å². The highest BCUT2D eigenvalue weighted by Gasteiger charge is 2.06. The molecule has 17 heavy (non-hydrogen) atoms. The maximum Gasteiger partial charge on any atom is 0.319 e. The molecule has 94 valence electrons. The molecule has 0 spiro atoms. The van der Waals surface area contributed by atoms with Gasteiger partial charge in [-0.15, -0.1) is 0 Å². The largest absolute Gasteiger partial charge is 0.337 e. The number of amides is 2. The second-order valence-electron chi connectivity index (χ2n) is 3.49. The molecule has 0 atom stereocenters. The molecule has 2 N–H and O–H groups in total. The standard InChI is InChI=1S/C10H13ClN2O3S/c1-17(15,16)7-6-12-10(14)13-9-5-3-2-4-8(9)11/h2-5H,6-7H2,1H3,(H2,12,13,14). The van der Waals surface area contributed by atoms with Crippen molar-refractivity contribution in [2.24, 2.45) is 0 Å². The smallest absolute Gasteiger partial charge is 0.319 e. The molecule has 1 aromatic carbocycles. The summed E-state index contributed by atoms with van der Waals surface area (Å²) >= 11 is 5.84. The zero-order valence-electron chi connectivity index (χ0n) is 9.23. The number of nitrogens with one attached hydrogen (secondary N) is 2. The zero-order chi connectivity index (χ0) is 12.9. The fourth-order valence-electron chi connectivity index (χ4n) is 1.08. The van der Waals surface area contributed by atoms with Crippen LogP contribution in [0.1, 0.15) is 0 Å². The van der Waals surface area contributed by atoms with Crippen LogP contribution in [-0.4, -0.2) is 33.0 Å². The van der Waals surface area contributed by atoms with Crippen LogP contribution in [0.15, 0.2) is 24.3 Å². The molecule has 0 bridgehead atoms. The van der Waals surface area contributed by atoms with Crippen molar-refractivity contribution >= 4 is 33.2 Å². The van der Waals surface area contributed by atoms with Gasteiger partial charge in [0.25, 0.3) is 0 Å². The van der Waals surface area contributed by atoms with E-state index in [1.54, 1.807) is 24.3 Å². The molecule has 0 aliphatic carbocycles. The van der Waals surface area contributed by atoms with E-state index in [1.807, 2.05) is 0 Å². The summed E-state index contributed by atoms with van der Waals surface area (Å²) in [6.45, 7) is 0.0646. The van der Waals surface area contributed by atoms with Crippen LogP contribution in [0.5, 0.6) is 0 Å². The minimum Gasteiger partial charge on any atom is -0.337 e. The van der Waals surface area contributed by atoms with Crippen LogP contribution in [0.3, 0.4) is 0 Å². The van der Waals surface area contributed by atoms with Gasteiger partial charge in [0.15, 0.2) is 0 Å². The van der Waals surface area contributed by atoms with Crippen molar-refractivity contribution in [2.45, 2.75) is 0 Å². The molecule has 2 amide bonds. The van der Waals surface area contributed by atoms with Crippen LogP contribution >= 0.6 is 11.6 Å². The molecule has 1 aromatic rings. The normalized spacial score (nSPS) is 10.9. The third-order valence-electron chi connectivity index (χ3n) is 1.88. The average molecular weight is 277 g/mol. The van der Waals surface area contributed by atoms with Crippen LogP contribution in [0.25, 0.3) is 0 Å². The number of halogens is 1. The van der Waals surface area contributed by atoms with Gasteiger partial charge in [0.2, 0.25) is 0 Å². The molecular formula is C10H13ClN2O3S. The predicted molar refractivity (Wildman–Crippen MR) is 68.2 cm³/mol. The van der Waals surface area contributed by atoms with Crippen LogP contribution < -0.4 is 10.6 Å². The minimum atomic E-state index is -3.07. The number of urea groups is 1. The molecule has 0 heterocycles. The lowest BCUT2D eigenvalue weighted by atomic mass is 10.3. The van der Waals surface area contributed by atoms with Gasteiger partial charge in [-0.2, -0.15) is 0 Å². The number of sulfone groups is 1. The number of para-hydroxylation sites is 1. The fourth-order valence-corrected chi connectivity index (χ4v) is 1.73. The first kappa shape index (κ1) is 13.8. The predicted octanol–water partition coefficient (Wildman–Crippen LogP) is 1.51. The molecule has 0 aliphatic heterocycles. The van der Waals surface area contributed by atoms with Crippen molar-refractivity contribution in [3.63, 3.8) is 0 Å². The Kier molecular flexibility index (Phi) is 4.77. The van der Waals surface area contributed by atoms with E-state index >= 15 is 0 Å². The lowest BCUT2D eigenvalue weighted by Crippen LogP contribution is -2.32. The average Bonchev–Trinajstić information content (AvgIpc) is 2.19. The Morgan fingerprint density at radius 3 is 2.59 bits per heavy atom. The third kappa shape index (κ3) is 5.55. The number of hydrogen-bond acceptors (Lipinski definition) is 3. The Balaban J connectivity index is 2.43. The summed E-state index contributed by atoms with van der Waals surface area (Å²) in [5.41, 5.74) is 0.478. The van der Waals surface area contributed by atoms with Gasteiger partial charge in [-0.3, -0.25) is 0 Å². The van der Waals surface area contributed by atoms with Gasteiger partial charge in [-0.05, 0) is 12.1 Å². The first-order valence-corrected chi connectivity index (χ1v) is 7.29. The van der Waals surface area contributed by atoms with Gasteiger partial charge >= 0.3 is 6.03 Å². The molecule has 0 aliphatic rings. The topological polar surface area (TPSA) is 75.3 Å². The van der Waals surface area contributed by atoms with E-state index in [1.165, 1.54) is 0 Å². The Labute approximate surface area is 105 Å². The van der Waals surface area contributed by atoms with Crippen molar-refractivity contribution in [3.05, 3.63) is 29.3 Å². The number of anilines is 1. The van der Waals surface area contributed by atoms with Crippen molar-refractivity contribution in [2.75, 3.05) is 23.9 Å². The molecule has 7 heteroatoms. The van der Waals surface area contributed by atoms with E-state index in [-0.39, 0.29) is 12.3 Å². The highest BCUT2D eigenvalue weighted by atomic mass is 35.5. The summed E-state index contributed by atoms with van der Waals surface area (Å²) in [5, 5.41) is 5.37. The first-order valence-electron chi connectivity index (χ1n) is 4.85. The highest BCUT2D eigenvalue weighted by Crippen LogP contribution is 2.19. The molecule has 1 rings (SSSR count). The van der Waals surface area contributed by atoms with E-state index in [0.717, 1.165) is 6.26 Å².